The highest BCUT2D eigenvalue weighted by Gasteiger charge is 2.08. The summed E-state index contributed by atoms with van der Waals surface area (Å²) in [7, 11) is 0. The normalized spacial score (nSPS) is 10.6. The number of nitrogens with zero attached hydrogens (tertiary/aromatic N) is 1. The van der Waals surface area contributed by atoms with Crippen LogP contribution in [0.4, 0.5) is 0 Å². The first kappa shape index (κ1) is 11.4. The lowest BCUT2D eigenvalue weighted by atomic mass is 10.3. The van der Waals surface area contributed by atoms with E-state index in [1.54, 1.807) is 6.07 Å². The van der Waals surface area contributed by atoms with Gasteiger partial charge in [-0.15, -0.1) is 0 Å². The van der Waals surface area contributed by atoms with Crippen LogP contribution in [0.15, 0.2) is 27.1 Å². The topological polar surface area (TPSA) is 88.5 Å². The smallest absolute Gasteiger partial charge is 0.371 e. The van der Waals surface area contributed by atoms with Gasteiger partial charge in [0.15, 0.2) is 5.76 Å². The number of carboxylic acids is 1. The number of furan rings is 1. The molecule has 0 aliphatic heterocycles. The molecule has 0 bridgehead atoms. The van der Waals surface area contributed by atoms with Crippen LogP contribution < -0.4 is 5.32 Å². The van der Waals surface area contributed by atoms with E-state index in [2.05, 4.69) is 10.5 Å². The zero-order valence-corrected chi connectivity index (χ0v) is 9.27. The van der Waals surface area contributed by atoms with Crippen molar-refractivity contribution in [3.05, 3.63) is 41.2 Å². The minimum atomic E-state index is -1.07. The first-order chi connectivity index (χ1) is 8.15. The number of aromatic nitrogens is 1. The van der Waals surface area contributed by atoms with Gasteiger partial charge in [0.25, 0.3) is 0 Å². The van der Waals surface area contributed by atoms with E-state index in [0.717, 1.165) is 11.5 Å². The van der Waals surface area contributed by atoms with E-state index in [9.17, 15) is 4.79 Å². The number of carbonyl (C=O) groups is 1. The summed E-state index contributed by atoms with van der Waals surface area (Å²) in [5.41, 5.74) is 0.827. The molecular formula is C11H12N2O4. The predicted octanol–water partition coefficient (Wildman–Crippen LogP) is 1.56. The number of aromatic carboxylic acids is 1. The van der Waals surface area contributed by atoms with E-state index in [1.807, 2.05) is 13.0 Å². The Balaban J connectivity index is 1.83. The first-order valence-corrected chi connectivity index (χ1v) is 5.10. The second kappa shape index (κ2) is 4.84. The Labute approximate surface area is 97.2 Å². The summed E-state index contributed by atoms with van der Waals surface area (Å²) in [6.07, 6.45) is 0. The molecule has 0 unspecified atom stereocenters. The fourth-order valence-corrected chi connectivity index (χ4v) is 1.40. The van der Waals surface area contributed by atoms with E-state index >= 15 is 0 Å². The molecule has 0 spiro atoms. The Morgan fingerprint density at radius 1 is 1.41 bits per heavy atom. The van der Waals surface area contributed by atoms with Crippen LogP contribution in [0, 0.1) is 6.92 Å². The number of aryl methyl sites for hydroxylation is 1. The average Bonchev–Trinajstić information content (AvgIpc) is 2.88. The van der Waals surface area contributed by atoms with Gasteiger partial charge < -0.3 is 19.4 Å². The Hall–Kier alpha value is -2.08. The molecule has 6 heteroatoms. The molecule has 2 aromatic rings. The van der Waals surface area contributed by atoms with E-state index < -0.39 is 5.97 Å². The highest BCUT2D eigenvalue weighted by atomic mass is 16.5. The second-order valence-electron chi connectivity index (χ2n) is 3.61. The van der Waals surface area contributed by atoms with Gasteiger partial charge in [0.1, 0.15) is 5.76 Å². The molecule has 0 saturated heterocycles. The molecule has 0 aromatic carbocycles. The average molecular weight is 236 g/mol. The van der Waals surface area contributed by atoms with Crippen molar-refractivity contribution >= 4 is 5.97 Å². The molecule has 2 aromatic heterocycles. The predicted molar refractivity (Wildman–Crippen MR) is 57.5 cm³/mol. The second-order valence-corrected chi connectivity index (χ2v) is 3.61. The SMILES string of the molecule is Cc1cc(CNCc2ccc(C(=O)O)o2)on1. The number of carboxylic acid groups (broad SMARTS) is 1. The third-order valence-electron chi connectivity index (χ3n) is 2.15. The van der Waals surface area contributed by atoms with Crippen molar-refractivity contribution < 1.29 is 18.8 Å². The number of nitrogens with one attached hydrogen (secondary N) is 1. The fourth-order valence-electron chi connectivity index (χ4n) is 1.40. The quantitative estimate of drug-likeness (QED) is 0.819. The van der Waals surface area contributed by atoms with E-state index in [-0.39, 0.29) is 5.76 Å². The van der Waals surface area contributed by atoms with Crippen molar-refractivity contribution in [3.63, 3.8) is 0 Å². The van der Waals surface area contributed by atoms with Gasteiger partial charge in [0.05, 0.1) is 18.8 Å². The molecule has 0 amide bonds. The first-order valence-electron chi connectivity index (χ1n) is 5.10. The van der Waals surface area contributed by atoms with Gasteiger partial charge in [0, 0.05) is 6.07 Å². The molecule has 0 saturated carbocycles. The summed E-state index contributed by atoms with van der Waals surface area (Å²) in [5.74, 6) is 0.172. The molecule has 6 nitrogen and oxygen atoms in total. The summed E-state index contributed by atoms with van der Waals surface area (Å²) in [6, 6.07) is 4.89. The van der Waals surface area contributed by atoms with Gasteiger partial charge >= 0.3 is 5.97 Å². The Morgan fingerprint density at radius 3 is 2.76 bits per heavy atom. The lowest BCUT2D eigenvalue weighted by Crippen LogP contribution is -2.11. The molecule has 2 N–H and O–H groups in total. The zero-order chi connectivity index (χ0) is 12.3. The van der Waals surface area contributed by atoms with Crippen molar-refractivity contribution in [2.45, 2.75) is 20.0 Å². The number of hydrogen-bond acceptors (Lipinski definition) is 5. The van der Waals surface area contributed by atoms with Crippen LogP contribution in [0.2, 0.25) is 0 Å². The molecule has 2 rings (SSSR count). The van der Waals surface area contributed by atoms with Crippen molar-refractivity contribution in [2.75, 3.05) is 0 Å². The lowest BCUT2D eigenvalue weighted by molar-refractivity contribution is 0.0660. The minimum Gasteiger partial charge on any atom is -0.475 e. The van der Waals surface area contributed by atoms with Crippen molar-refractivity contribution in [1.82, 2.24) is 10.5 Å². The number of rotatable bonds is 5. The van der Waals surface area contributed by atoms with Gasteiger partial charge in [-0.2, -0.15) is 0 Å². The van der Waals surface area contributed by atoms with Crippen LogP contribution in [-0.4, -0.2) is 16.2 Å². The molecule has 0 aliphatic rings. The zero-order valence-electron chi connectivity index (χ0n) is 9.27. The van der Waals surface area contributed by atoms with Crippen LogP contribution in [-0.2, 0) is 13.1 Å². The van der Waals surface area contributed by atoms with Gasteiger partial charge in [-0.25, -0.2) is 4.79 Å². The van der Waals surface area contributed by atoms with Crippen LogP contribution in [0.1, 0.15) is 27.8 Å². The van der Waals surface area contributed by atoms with Crippen LogP contribution in [0.5, 0.6) is 0 Å². The molecule has 0 fully saturated rings. The Kier molecular flexibility index (Phi) is 3.24. The van der Waals surface area contributed by atoms with Crippen LogP contribution >= 0.6 is 0 Å². The summed E-state index contributed by atoms with van der Waals surface area (Å²) in [4.78, 5) is 10.6. The van der Waals surface area contributed by atoms with Crippen molar-refractivity contribution in [1.29, 1.82) is 0 Å². The number of hydrogen-bond donors (Lipinski definition) is 2. The van der Waals surface area contributed by atoms with Crippen LogP contribution in [0.25, 0.3) is 0 Å². The third kappa shape index (κ3) is 2.94. The standard InChI is InChI=1S/C11H12N2O4/c1-7-4-9(17-13-7)6-12-5-8-2-3-10(16-8)11(14)15/h2-4,12H,5-6H2,1H3,(H,14,15). The monoisotopic (exact) mass is 236 g/mol. The molecule has 2 heterocycles. The summed E-state index contributed by atoms with van der Waals surface area (Å²) in [5, 5.41) is 15.5. The molecule has 90 valence electrons. The van der Waals surface area contributed by atoms with Gasteiger partial charge in [-0.05, 0) is 19.1 Å². The summed E-state index contributed by atoms with van der Waals surface area (Å²) < 4.78 is 10.1. The van der Waals surface area contributed by atoms with E-state index in [1.165, 1.54) is 6.07 Å². The fraction of sp³-hybridized carbons (Fsp3) is 0.273. The Morgan fingerprint density at radius 2 is 2.18 bits per heavy atom. The van der Waals surface area contributed by atoms with Crippen LogP contribution in [0.3, 0.4) is 0 Å². The molecule has 17 heavy (non-hydrogen) atoms. The highest BCUT2D eigenvalue weighted by molar-refractivity contribution is 5.84. The molecule has 0 radical (unpaired) electrons. The van der Waals surface area contributed by atoms with E-state index in [0.29, 0.717) is 18.8 Å². The Bertz CT molecular complexity index is 515. The lowest BCUT2D eigenvalue weighted by Gasteiger charge is -1.98. The van der Waals surface area contributed by atoms with Gasteiger partial charge in [0.2, 0.25) is 5.76 Å². The maximum absolute atomic E-state index is 10.6. The van der Waals surface area contributed by atoms with Gasteiger partial charge in [-0.3, -0.25) is 0 Å². The third-order valence-corrected chi connectivity index (χ3v) is 2.15. The van der Waals surface area contributed by atoms with Crippen molar-refractivity contribution in [3.8, 4) is 0 Å². The minimum absolute atomic E-state index is 0.0580. The molecule has 0 atom stereocenters. The maximum atomic E-state index is 10.6. The van der Waals surface area contributed by atoms with Crippen molar-refractivity contribution in [2.24, 2.45) is 0 Å². The maximum Gasteiger partial charge on any atom is 0.371 e. The summed E-state index contributed by atoms with van der Waals surface area (Å²) in [6.45, 7) is 2.80. The van der Waals surface area contributed by atoms with E-state index in [4.69, 9.17) is 14.0 Å². The summed E-state index contributed by atoms with van der Waals surface area (Å²) >= 11 is 0. The molecule has 0 aliphatic carbocycles. The molecular weight excluding hydrogens is 224 g/mol. The van der Waals surface area contributed by atoms with Gasteiger partial charge in [-0.1, -0.05) is 5.16 Å². The largest absolute Gasteiger partial charge is 0.475 e. The highest BCUT2D eigenvalue weighted by Crippen LogP contribution is 2.08.